The molecule has 4 rings (SSSR count). The van der Waals surface area contributed by atoms with Crippen molar-refractivity contribution < 1.29 is 14.1 Å². The maximum Gasteiger partial charge on any atom is 0.414 e. The van der Waals surface area contributed by atoms with Crippen LogP contribution in [0.15, 0.2) is 57.5 Å². The highest BCUT2D eigenvalue weighted by Crippen LogP contribution is 2.33. The van der Waals surface area contributed by atoms with Gasteiger partial charge < -0.3 is 19.9 Å². The van der Waals surface area contributed by atoms with Crippen molar-refractivity contribution in [2.45, 2.75) is 6.10 Å². The molecule has 154 valence electrons. The first-order valence-corrected chi connectivity index (χ1v) is 10.4. The Labute approximate surface area is 186 Å². The lowest BCUT2D eigenvalue weighted by Crippen LogP contribution is -2.39. The summed E-state index contributed by atoms with van der Waals surface area (Å²) in [6.45, 7) is 0.855. The second kappa shape index (κ2) is 8.80. The molecule has 8 nitrogen and oxygen atoms in total. The van der Waals surface area contributed by atoms with E-state index in [9.17, 15) is 4.79 Å². The van der Waals surface area contributed by atoms with E-state index >= 15 is 0 Å². The van der Waals surface area contributed by atoms with E-state index in [0.29, 0.717) is 35.6 Å². The molecule has 0 aliphatic carbocycles. The highest BCUT2D eigenvalue weighted by atomic mass is 79.9. The molecule has 1 unspecified atom stereocenters. The van der Waals surface area contributed by atoms with Gasteiger partial charge in [-0.05, 0) is 46.3 Å². The van der Waals surface area contributed by atoms with E-state index in [1.54, 1.807) is 11.9 Å². The first kappa shape index (κ1) is 20.3. The van der Waals surface area contributed by atoms with Gasteiger partial charge in [0, 0.05) is 22.8 Å². The molecular weight excluding hydrogens is 470 g/mol. The second-order valence-corrected chi connectivity index (χ2v) is 7.79. The van der Waals surface area contributed by atoms with E-state index < -0.39 is 6.09 Å². The SMILES string of the molecule is CNC(=S)NCC1CN(c2ccc(-c3nc(-c4ccccc4)no3)c(Br)c2)C(=O)O1. The van der Waals surface area contributed by atoms with Crippen molar-refractivity contribution in [2.75, 3.05) is 25.0 Å². The number of benzene rings is 2. The van der Waals surface area contributed by atoms with Crippen LogP contribution in [0.5, 0.6) is 0 Å². The summed E-state index contributed by atoms with van der Waals surface area (Å²) in [5.41, 5.74) is 2.31. The Balaban J connectivity index is 1.49. The lowest BCUT2D eigenvalue weighted by Gasteiger charge is -2.14. The quantitative estimate of drug-likeness (QED) is 0.527. The molecule has 1 aliphatic heterocycles. The van der Waals surface area contributed by atoms with Crippen LogP contribution in [0.2, 0.25) is 0 Å². The maximum absolute atomic E-state index is 12.3. The van der Waals surface area contributed by atoms with Gasteiger partial charge in [0.25, 0.3) is 5.89 Å². The summed E-state index contributed by atoms with van der Waals surface area (Å²) in [5.74, 6) is 0.901. The van der Waals surface area contributed by atoms with Crippen LogP contribution < -0.4 is 15.5 Å². The number of nitrogens with zero attached hydrogens (tertiary/aromatic N) is 3. The lowest BCUT2D eigenvalue weighted by molar-refractivity contribution is 0.143. The standard InChI is InChI=1S/C20H18BrN5O3S/c1-22-19(30)23-10-14-11-26(20(27)28-14)13-7-8-15(16(21)9-13)18-24-17(25-29-18)12-5-3-2-4-6-12/h2-9,14H,10-11H2,1H3,(H2,22,23,30). The smallest absolute Gasteiger partial charge is 0.414 e. The minimum atomic E-state index is -0.402. The average Bonchev–Trinajstić information content (AvgIpc) is 3.39. The van der Waals surface area contributed by atoms with Crippen molar-refractivity contribution in [1.29, 1.82) is 0 Å². The van der Waals surface area contributed by atoms with Gasteiger partial charge in [-0.15, -0.1) is 0 Å². The summed E-state index contributed by atoms with van der Waals surface area (Å²) in [7, 11) is 1.73. The molecule has 0 bridgehead atoms. The third kappa shape index (κ3) is 4.29. The maximum atomic E-state index is 12.3. The van der Waals surface area contributed by atoms with Crippen LogP contribution in [0, 0.1) is 0 Å². The molecule has 30 heavy (non-hydrogen) atoms. The molecule has 2 heterocycles. The van der Waals surface area contributed by atoms with Crippen LogP contribution in [-0.4, -0.2) is 47.6 Å². The molecule has 0 spiro atoms. The van der Waals surface area contributed by atoms with Crippen LogP contribution in [0.25, 0.3) is 22.8 Å². The molecular formula is C20H18BrN5O3S. The molecule has 1 aromatic heterocycles. The summed E-state index contributed by atoms with van der Waals surface area (Å²) in [6, 6.07) is 15.1. The Hall–Kier alpha value is -2.98. The third-order valence-electron chi connectivity index (χ3n) is 4.54. The van der Waals surface area contributed by atoms with Gasteiger partial charge in [0.2, 0.25) is 5.82 Å². The predicted molar refractivity (Wildman–Crippen MR) is 120 cm³/mol. The highest BCUT2D eigenvalue weighted by Gasteiger charge is 2.32. The molecule has 1 fully saturated rings. The minimum Gasteiger partial charge on any atom is -0.442 e. The number of carbonyl (C=O) groups excluding carboxylic acids is 1. The number of ether oxygens (including phenoxy) is 1. The Morgan fingerprint density at radius 1 is 1.30 bits per heavy atom. The predicted octanol–water partition coefficient (Wildman–Crippen LogP) is 3.59. The largest absolute Gasteiger partial charge is 0.442 e. The minimum absolute atomic E-state index is 0.299. The molecule has 2 aromatic carbocycles. The van der Waals surface area contributed by atoms with Gasteiger partial charge in [0.1, 0.15) is 6.10 Å². The number of cyclic esters (lactones) is 1. The zero-order valence-electron chi connectivity index (χ0n) is 16.0. The van der Waals surface area contributed by atoms with Crippen molar-refractivity contribution in [3.8, 4) is 22.8 Å². The molecule has 10 heteroatoms. The number of rotatable bonds is 5. The van der Waals surface area contributed by atoms with Crippen molar-refractivity contribution >= 4 is 45.0 Å². The van der Waals surface area contributed by atoms with Gasteiger partial charge >= 0.3 is 6.09 Å². The molecule has 0 radical (unpaired) electrons. The van der Waals surface area contributed by atoms with Crippen LogP contribution in [0.1, 0.15) is 0 Å². The first-order chi connectivity index (χ1) is 14.5. The van der Waals surface area contributed by atoms with Crippen molar-refractivity contribution in [2.24, 2.45) is 0 Å². The number of halogens is 1. The normalized spacial score (nSPS) is 15.7. The number of aromatic nitrogens is 2. The zero-order valence-corrected chi connectivity index (χ0v) is 18.4. The number of hydrogen-bond donors (Lipinski definition) is 2. The number of carbonyl (C=O) groups is 1. The van der Waals surface area contributed by atoms with E-state index in [4.69, 9.17) is 21.5 Å². The van der Waals surface area contributed by atoms with E-state index in [1.165, 1.54) is 0 Å². The monoisotopic (exact) mass is 487 g/mol. The Kier molecular flexibility index (Phi) is 5.96. The van der Waals surface area contributed by atoms with Gasteiger partial charge in [0.15, 0.2) is 5.11 Å². The van der Waals surface area contributed by atoms with E-state index in [-0.39, 0.29) is 6.10 Å². The first-order valence-electron chi connectivity index (χ1n) is 9.18. The van der Waals surface area contributed by atoms with Gasteiger partial charge in [0.05, 0.1) is 18.7 Å². The molecule has 0 saturated carbocycles. The number of nitrogens with one attached hydrogen (secondary N) is 2. The highest BCUT2D eigenvalue weighted by molar-refractivity contribution is 9.10. The molecule has 3 aromatic rings. The Bertz CT molecular complexity index is 1080. The summed E-state index contributed by atoms with van der Waals surface area (Å²) in [5, 5.41) is 10.4. The lowest BCUT2D eigenvalue weighted by atomic mass is 10.2. The van der Waals surface area contributed by atoms with Crippen molar-refractivity contribution in [1.82, 2.24) is 20.8 Å². The topological polar surface area (TPSA) is 92.5 Å². The van der Waals surface area contributed by atoms with Gasteiger partial charge in [-0.2, -0.15) is 4.98 Å². The number of anilines is 1. The Morgan fingerprint density at radius 3 is 2.83 bits per heavy atom. The van der Waals surface area contributed by atoms with Gasteiger partial charge in [-0.3, -0.25) is 4.90 Å². The van der Waals surface area contributed by atoms with Crippen LogP contribution in [0.3, 0.4) is 0 Å². The Morgan fingerprint density at radius 2 is 2.10 bits per heavy atom. The molecule has 1 aliphatic rings. The number of thiocarbonyl (C=S) groups is 1. The van der Waals surface area contributed by atoms with Crippen molar-refractivity contribution in [3.63, 3.8) is 0 Å². The van der Waals surface area contributed by atoms with Crippen molar-refractivity contribution in [3.05, 3.63) is 53.0 Å². The third-order valence-corrected chi connectivity index (χ3v) is 5.55. The second-order valence-electron chi connectivity index (χ2n) is 6.53. The number of hydrogen-bond acceptors (Lipinski definition) is 6. The number of amides is 1. The molecule has 1 saturated heterocycles. The fourth-order valence-corrected chi connectivity index (χ4v) is 3.64. The van der Waals surface area contributed by atoms with Gasteiger partial charge in [-0.1, -0.05) is 35.5 Å². The van der Waals surface area contributed by atoms with E-state index in [0.717, 1.165) is 15.6 Å². The van der Waals surface area contributed by atoms with Crippen LogP contribution >= 0.6 is 28.1 Å². The molecule has 1 atom stereocenters. The van der Waals surface area contributed by atoms with E-state index in [1.807, 2.05) is 48.5 Å². The summed E-state index contributed by atoms with van der Waals surface area (Å²) >= 11 is 8.60. The zero-order chi connectivity index (χ0) is 21.1. The van der Waals surface area contributed by atoms with Gasteiger partial charge in [-0.25, -0.2) is 4.79 Å². The fraction of sp³-hybridized carbons (Fsp3) is 0.200. The fourth-order valence-electron chi connectivity index (χ4n) is 3.02. The summed E-state index contributed by atoms with van der Waals surface area (Å²) < 4.78 is 11.6. The summed E-state index contributed by atoms with van der Waals surface area (Å²) in [4.78, 5) is 18.3. The average molecular weight is 488 g/mol. The molecule has 1 amide bonds. The van der Waals surface area contributed by atoms with E-state index in [2.05, 4.69) is 36.7 Å². The molecule has 2 N–H and O–H groups in total. The van der Waals surface area contributed by atoms with Crippen LogP contribution in [0.4, 0.5) is 10.5 Å². The summed E-state index contributed by atoms with van der Waals surface area (Å²) in [6.07, 6.45) is -0.701. The van der Waals surface area contributed by atoms with Crippen LogP contribution in [-0.2, 0) is 4.74 Å².